The summed E-state index contributed by atoms with van der Waals surface area (Å²) in [5.41, 5.74) is 1.47. The van der Waals surface area contributed by atoms with Crippen LogP contribution in [0.5, 0.6) is 0 Å². The lowest BCUT2D eigenvalue weighted by molar-refractivity contribution is -0.133. The second kappa shape index (κ2) is 6.31. The van der Waals surface area contributed by atoms with Crippen LogP contribution in [-0.4, -0.2) is 59.8 Å². The van der Waals surface area contributed by atoms with E-state index in [1.54, 1.807) is 11.7 Å². The van der Waals surface area contributed by atoms with Crippen molar-refractivity contribution >= 4 is 11.8 Å². The summed E-state index contributed by atoms with van der Waals surface area (Å²) in [5, 5.41) is 7.06. The zero-order chi connectivity index (χ0) is 16.6. The van der Waals surface area contributed by atoms with Crippen LogP contribution in [0.1, 0.15) is 23.1 Å². The molecule has 0 bridgehead atoms. The Kier molecular flexibility index (Phi) is 4.39. The zero-order valence-electron chi connectivity index (χ0n) is 13.9. The van der Waals surface area contributed by atoms with Crippen LogP contribution in [0.4, 0.5) is 0 Å². The van der Waals surface area contributed by atoms with E-state index >= 15 is 0 Å². The van der Waals surface area contributed by atoms with Crippen LogP contribution in [0.3, 0.4) is 0 Å². The fraction of sp³-hybridized carbons (Fsp3) is 0.688. The SMILES string of the molecule is CCn1nc(C)cc1C(=O)N1C[C@@H]2COC[C@H](C(=O)NC)[C@@H]2C1. The predicted octanol–water partition coefficient (Wildman–Crippen LogP) is 0.292. The van der Waals surface area contributed by atoms with E-state index in [0.717, 1.165) is 5.69 Å². The molecule has 0 spiro atoms. The lowest BCUT2D eigenvalue weighted by Gasteiger charge is -2.31. The Morgan fingerprint density at radius 1 is 1.39 bits per heavy atom. The van der Waals surface area contributed by atoms with Gasteiger partial charge in [0, 0.05) is 32.6 Å². The van der Waals surface area contributed by atoms with Gasteiger partial charge < -0.3 is 15.0 Å². The number of nitrogens with one attached hydrogen (secondary N) is 1. The van der Waals surface area contributed by atoms with Crippen molar-refractivity contribution in [3.05, 3.63) is 17.5 Å². The predicted molar refractivity (Wildman–Crippen MR) is 83.9 cm³/mol. The molecule has 2 fully saturated rings. The van der Waals surface area contributed by atoms with Gasteiger partial charge in [-0.05, 0) is 25.8 Å². The number of ether oxygens (including phenoxy) is 1. The third kappa shape index (κ3) is 2.85. The Morgan fingerprint density at radius 2 is 2.17 bits per heavy atom. The summed E-state index contributed by atoms with van der Waals surface area (Å²) in [6, 6.07) is 1.83. The number of hydrogen-bond donors (Lipinski definition) is 1. The molecule has 3 heterocycles. The maximum Gasteiger partial charge on any atom is 0.272 e. The highest BCUT2D eigenvalue weighted by molar-refractivity contribution is 5.93. The van der Waals surface area contributed by atoms with Gasteiger partial charge in [-0.25, -0.2) is 0 Å². The standard InChI is InChI=1S/C16H24N4O3/c1-4-20-14(5-10(2)18-20)16(22)19-6-11-8-23-9-13(12(11)7-19)15(21)17-3/h5,11-13H,4,6-9H2,1-3H3,(H,17,21)/t11-,12-,13+/m1/s1. The quantitative estimate of drug-likeness (QED) is 0.868. The number of rotatable bonds is 3. The summed E-state index contributed by atoms with van der Waals surface area (Å²) in [6.45, 7) is 6.84. The summed E-state index contributed by atoms with van der Waals surface area (Å²) in [5.74, 6) is 0.233. The van der Waals surface area contributed by atoms with Crippen LogP contribution in [0.25, 0.3) is 0 Å². The van der Waals surface area contributed by atoms with Gasteiger partial charge in [0.1, 0.15) is 5.69 Å². The van der Waals surface area contributed by atoms with Gasteiger partial charge in [-0.15, -0.1) is 0 Å². The maximum atomic E-state index is 12.9. The molecule has 3 atom stereocenters. The summed E-state index contributed by atoms with van der Waals surface area (Å²) >= 11 is 0. The van der Waals surface area contributed by atoms with E-state index in [1.807, 2.05) is 24.8 Å². The minimum atomic E-state index is -0.172. The smallest absolute Gasteiger partial charge is 0.272 e. The van der Waals surface area contributed by atoms with Crippen LogP contribution in [0, 0.1) is 24.7 Å². The van der Waals surface area contributed by atoms with Gasteiger partial charge in [-0.3, -0.25) is 14.3 Å². The van der Waals surface area contributed by atoms with E-state index in [4.69, 9.17) is 4.74 Å². The number of amides is 2. The van der Waals surface area contributed by atoms with Gasteiger partial charge >= 0.3 is 0 Å². The third-order valence-electron chi connectivity index (χ3n) is 4.93. The fourth-order valence-electron chi connectivity index (χ4n) is 3.74. The van der Waals surface area contributed by atoms with Crippen molar-refractivity contribution < 1.29 is 14.3 Å². The first kappa shape index (κ1) is 16.0. The second-order valence-corrected chi connectivity index (χ2v) is 6.38. The normalized spacial score (nSPS) is 26.9. The lowest BCUT2D eigenvalue weighted by atomic mass is 9.82. The largest absolute Gasteiger partial charge is 0.380 e. The van der Waals surface area contributed by atoms with Gasteiger partial charge in [0.05, 0.1) is 24.8 Å². The molecule has 2 aliphatic rings. The van der Waals surface area contributed by atoms with Crippen LogP contribution in [-0.2, 0) is 16.1 Å². The molecule has 1 N–H and O–H groups in total. The number of nitrogens with zero attached hydrogens (tertiary/aromatic N) is 3. The van der Waals surface area contributed by atoms with E-state index in [0.29, 0.717) is 38.5 Å². The Morgan fingerprint density at radius 3 is 2.87 bits per heavy atom. The minimum Gasteiger partial charge on any atom is -0.380 e. The number of carbonyl (C=O) groups is 2. The van der Waals surface area contributed by atoms with Crippen molar-refractivity contribution in [3.8, 4) is 0 Å². The summed E-state index contributed by atoms with van der Waals surface area (Å²) in [7, 11) is 1.65. The molecule has 7 nitrogen and oxygen atoms in total. The van der Waals surface area contributed by atoms with Gasteiger partial charge in [-0.1, -0.05) is 0 Å². The molecule has 3 rings (SSSR count). The van der Waals surface area contributed by atoms with Crippen molar-refractivity contribution in [2.24, 2.45) is 17.8 Å². The van der Waals surface area contributed by atoms with Crippen molar-refractivity contribution in [2.45, 2.75) is 20.4 Å². The van der Waals surface area contributed by atoms with Crippen LogP contribution >= 0.6 is 0 Å². The number of likely N-dealkylation sites (tertiary alicyclic amines) is 1. The number of hydrogen-bond acceptors (Lipinski definition) is 4. The van der Waals surface area contributed by atoms with E-state index in [9.17, 15) is 9.59 Å². The molecule has 126 valence electrons. The van der Waals surface area contributed by atoms with Crippen LogP contribution in [0.15, 0.2) is 6.07 Å². The highest BCUT2D eigenvalue weighted by Gasteiger charge is 2.45. The van der Waals surface area contributed by atoms with Crippen LogP contribution < -0.4 is 5.32 Å². The van der Waals surface area contributed by atoms with Gasteiger partial charge in [0.15, 0.2) is 0 Å². The van der Waals surface area contributed by atoms with Crippen LogP contribution in [0.2, 0.25) is 0 Å². The number of fused-ring (bicyclic) bond motifs is 1. The van der Waals surface area contributed by atoms with Crippen molar-refractivity contribution in [2.75, 3.05) is 33.4 Å². The summed E-state index contributed by atoms with van der Waals surface area (Å²) in [6.07, 6.45) is 0. The lowest BCUT2D eigenvalue weighted by Crippen LogP contribution is -2.43. The topological polar surface area (TPSA) is 76.5 Å². The first-order valence-electron chi connectivity index (χ1n) is 8.18. The minimum absolute atomic E-state index is 0.00231. The van der Waals surface area contributed by atoms with E-state index in [-0.39, 0.29) is 29.6 Å². The molecule has 0 aromatic carbocycles. The Balaban J connectivity index is 1.78. The highest BCUT2D eigenvalue weighted by atomic mass is 16.5. The molecule has 0 radical (unpaired) electrons. The molecular formula is C16H24N4O3. The van der Waals surface area contributed by atoms with E-state index in [1.165, 1.54) is 0 Å². The third-order valence-corrected chi connectivity index (χ3v) is 4.93. The summed E-state index contributed by atoms with van der Waals surface area (Å²) in [4.78, 5) is 26.8. The maximum absolute atomic E-state index is 12.9. The number of aryl methyl sites for hydroxylation is 2. The molecule has 7 heteroatoms. The molecule has 0 aliphatic carbocycles. The molecule has 2 aliphatic heterocycles. The fourth-order valence-corrected chi connectivity index (χ4v) is 3.74. The summed E-state index contributed by atoms with van der Waals surface area (Å²) < 4.78 is 7.33. The second-order valence-electron chi connectivity index (χ2n) is 6.38. The van der Waals surface area contributed by atoms with E-state index < -0.39 is 0 Å². The molecule has 2 amide bonds. The molecule has 1 aromatic heterocycles. The zero-order valence-corrected chi connectivity index (χ0v) is 13.9. The average molecular weight is 320 g/mol. The van der Waals surface area contributed by atoms with Crippen molar-refractivity contribution in [3.63, 3.8) is 0 Å². The Bertz CT molecular complexity index is 612. The van der Waals surface area contributed by atoms with Gasteiger partial charge in [0.2, 0.25) is 5.91 Å². The first-order chi connectivity index (χ1) is 11.0. The monoisotopic (exact) mass is 320 g/mol. The Labute approximate surface area is 136 Å². The molecule has 1 aromatic rings. The van der Waals surface area contributed by atoms with Gasteiger partial charge in [-0.2, -0.15) is 5.10 Å². The number of carbonyl (C=O) groups excluding carboxylic acids is 2. The van der Waals surface area contributed by atoms with Gasteiger partial charge in [0.25, 0.3) is 5.91 Å². The number of aromatic nitrogens is 2. The Hall–Kier alpha value is -1.89. The van der Waals surface area contributed by atoms with Crippen molar-refractivity contribution in [1.29, 1.82) is 0 Å². The average Bonchev–Trinajstić information content (AvgIpc) is 3.16. The van der Waals surface area contributed by atoms with E-state index in [2.05, 4.69) is 10.4 Å². The van der Waals surface area contributed by atoms with Crippen molar-refractivity contribution in [1.82, 2.24) is 20.0 Å². The first-order valence-corrected chi connectivity index (χ1v) is 8.18. The molecular weight excluding hydrogens is 296 g/mol. The highest BCUT2D eigenvalue weighted by Crippen LogP contribution is 2.34. The molecule has 23 heavy (non-hydrogen) atoms. The molecule has 0 saturated carbocycles. The molecule has 2 saturated heterocycles. The molecule has 0 unspecified atom stereocenters.